The van der Waals surface area contributed by atoms with Crippen LogP contribution in [0.2, 0.25) is 5.02 Å². The van der Waals surface area contributed by atoms with E-state index in [9.17, 15) is 9.18 Å². The van der Waals surface area contributed by atoms with Crippen LogP contribution < -0.4 is 11.1 Å². The maximum absolute atomic E-state index is 13.7. The minimum absolute atomic E-state index is 0. The second kappa shape index (κ2) is 7.22. The second-order valence-corrected chi connectivity index (χ2v) is 5.11. The van der Waals surface area contributed by atoms with Crippen molar-refractivity contribution in [2.45, 2.75) is 12.8 Å². The van der Waals surface area contributed by atoms with Gasteiger partial charge in [-0.2, -0.15) is 0 Å². The summed E-state index contributed by atoms with van der Waals surface area (Å²) < 4.78 is 18.9. The summed E-state index contributed by atoms with van der Waals surface area (Å²) in [6.07, 6.45) is 1.09. The van der Waals surface area contributed by atoms with Crippen LogP contribution in [0.4, 0.5) is 10.1 Å². The summed E-state index contributed by atoms with van der Waals surface area (Å²) >= 11 is 5.67. The molecule has 1 heterocycles. The highest BCUT2D eigenvalue weighted by molar-refractivity contribution is 6.30. The van der Waals surface area contributed by atoms with Crippen LogP contribution >= 0.6 is 24.0 Å². The Kier molecular flexibility index (Phi) is 6.20. The lowest BCUT2D eigenvalue weighted by Gasteiger charge is -2.34. The van der Waals surface area contributed by atoms with E-state index in [-0.39, 0.29) is 35.6 Å². The summed E-state index contributed by atoms with van der Waals surface area (Å²) in [5.74, 6) is -0.820. The van der Waals surface area contributed by atoms with Gasteiger partial charge in [-0.05, 0) is 31.0 Å². The van der Waals surface area contributed by atoms with Gasteiger partial charge in [0.15, 0.2) is 0 Å². The fraction of sp³-hybridized carbons (Fsp3) is 0.462. The number of carbonyl (C=O) groups excluding carboxylic acids is 1. The number of hydrogen-bond donors (Lipinski definition) is 2. The molecule has 1 fully saturated rings. The number of halogens is 3. The number of carbonyl (C=O) groups is 1. The van der Waals surface area contributed by atoms with Gasteiger partial charge in [0.2, 0.25) is 5.91 Å². The molecule has 1 aliphatic rings. The Morgan fingerprint density at radius 1 is 1.45 bits per heavy atom. The van der Waals surface area contributed by atoms with Gasteiger partial charge in [0.1, 0.15) is 5.82 Å². The first kappa shape index (κ1) is 17.2. The van der Waals surface area contributed by atoms with Gasteiger partial charge >= 0.3 is 0 Å². The molecule has 0 radical (unpaired) electrons. The summed E-state index contributed by atoms with van der Waals surface area (Å²) in [5.41, 5.74) is 5.17. The van der Waals surface area contributed by atoms with Crippen molar-refractivity contribution < 1.29 is 13.9 Å². The molecule has 0 unspecified atom stereocenters. The third-order valence-corrected chi connectivity index (χ3v) is 3.74. The summed E-state index contributed by atoms with van der Waals surface area (Å²) in [5, 5.41) is 2.88. The van der Waals surface area contributed by atoms with E-state index < -0.39 is 11.2 Å². The van der Waals surface area contributed by atoms with Crippen molar-refractivity contribution in [3.05, 3.63) is 29.0 Å². The summed E-state index contributed by atoms with van der Waals surface area (Å²) in [7, 11) is 0. The number of amides is 1. The molecule has 1 saturated heterocycles. The first-order valence-electron chi connectivity index (χ1n) is 6.12. The monoisotopic (exact) mass is 322 g/mol. The average molecular weight is 323 g/mol. The molecule has 4 nitrogen and oxygen atoms in total. The number of benzene rings is 1. The molecule has 7 heteroatoms. The van der Waals surface area contributed by atoms with Crippen molar-refractivity contribution in [1.29, 1.82) is 0 Å². The Bertz CT molecular complexity index is 479. The molecule has 0 bridgehead atoms. The van der Waals surface area contributed by atoms with Gasteiger partial charge in [-0.3, -0.25) is 4.79 Å². The van der Waals surface area contributed by atoms with Crippen LogP contribution in [0.25, 0.3) is 0 Å². The minimum atomic E-state index is -0.676. The van der Waals surface area contributed by atoms with E-state index >= 15 is 0 Å². The molecular formula is C13H17Cl2FN2O2. The smallest absolute Gasteiger partial charge is 0.232 e. The van der Waals surface area contributed by atoms with Gasteiger partial charge < -0.3 is 15.8 Å². The summed E-state index contributed by atoms with van der Waals surface area (Å²) in [4.78, 5) is 12.3. The lowest BCUT2D eigenvalue weighted by Crippen LogP contribution is -2.46. The normalized spacial score (nSPS) is 17.1. The van der Waals surface area contributed by atoms with Crippen LogP contribution in [-0.4, -0.2) is 25.7 Å². The van der Waals surface area contributed by atoms with Gasteiger partial charge in [0.25, 0.3) is 0 Å². The predicted octanol–water partition coefficient (Wildman–Crippen LogP) is 2.59. The summed E-state index contributed by atoms with van der Waals surface area (Å²) in [6, 6.07) is 4.13. The van der Waals surface area contributed by atoms with Gasteiger partial charge in [-0.25, -0.2) is 4.39 Å². The molecule has 2 rings (SSSR count). The number of hydrogen-bond acceptors (Lipinski definition) is 3. The molecule has 0 saturated carbocycles. The highest BCUT2D eigenvalue weighted by Crippen LogP contribution is 2.31. The molecule has 0 aliphatic carbocycles. The largest absolute Gasteiger partial charge is 0.381 e. The van der Waals surface area contributed by atoms with Crippen LogP contribution in [0.3, 0.4) is 0 Å². The maximum Gasteiger partial charge on any atom is 0.232 e. The van der Waals surface area contributed by atoms with Crippen molar-refractivity contribution in [3.63, 3.8) is 0 Å². The fourth-order valence-corrected chi connectivity index (χ4v) is 2.29. The molecule has 3 N–H and O–H groups in total. The Balaban J connectivity index is 0.00000200. The van der Waals surface area contributed by atoms with Crippen molar-refractivity contribution in [1.82, 2.24) is 0 Å². The first-order chi connectivity index (χ1) is 9.07. The van der Waals surface area contributed by atoms with E-state index in [1.165, 1.54) is 12.1 Å². The topological polar surface area (TPSA) is 64.4 Å². The van der Waals surface area contributed by atoms with E-state index in [4.69, 9.17) is 22.1 Å². The molecule has 0 spiro atoms. The maximum atomic E-state index is 13.7. The van der Waals surface area contributed by atoms with Crippen LogP contribution in [-0.2, 0) is 9.53 Å². The third kappa shape index (κ3) is 3.61. The molecule has 1 amide bonds. The second-order valence-electron chi connectivity index (χ2n) is 4.68. The molecule has 0 aromatic heterocycles. The molecule has 1 aromatic rings. The molecule has 0 atom stereocenters. The lowest BCUT2D eigenvalue weighted by molar-refractivity contribution is -0.130. The van der Waals surface area contributed by atoms with Crippen LogP contribution in [0.5, 0.6) is 0 Å². The predicted molar refractivity (Wildman–Crippen MR) is 78.8 cm³/mol. The molecule has 1 aliphatic heterocycles. The fourth-order valence-electron chi connectivity index (χ4n) is 2.13. The zero-order chi connectivity index (χ0) is 13.9. The SMILES string of the molecule is Cl.NCC1(C(=O)Nc2ccc(Cl)cc2F)CCOCC1. The Labute approximate surface area is 128 Å². The number of nitrogens with one attached hydrogen (secondary N) is 1. The number of ether oxygens (including phenoxy) is 1. The first-order valence-corrected chi connectivity index (χ1v) is 6.49. The van der Waals surface area contributed by atoms with Gasteiger partial charge in [-0.1, -0.05) is 11.6 Å². The van der Waals surface area contributed by atoms with E-state index in [0.29, 0.717) is 26.1 Å². The quantitative estimate of drug-likeness (QED) is 0.899. The third-order valence-electron chi connectivity index (χ3n) is 3.50. The van der Waals surface area contributed by atoms with E-state index in [1.807, 2.05) is 0 Å². The zero-order valence-electron chi connectivity index (χ0n) is 10.8. The van der Waals surface area contributed by atoms with Gasteiger partial charge in [0, 0.05) is 24.8 Å². The zero-order valence-corrected chi connectivity index (χ0v) is 12.4. The average Bonchev–Trinajstić information content (AvgIpc) is 2.42. The van der Waals surface area contributed by atoms with E-state index in [2.05, 4.69) is 5.32 Å². The minimum Gasteiger partial charge on any atom is -0.381 e. The van der Waals surface area contributed by atoms with Gasteiger partial charge in [-0.15, -0.1) is 12.4 Å². The van der Waals surface area contributed by atoms with Crippen molar-refractivity contribution in [2.75, 3.05) is 25.1 Å². The van der Waals surface area contributed by atoms with Crippen LogP contribution in [0.1, 0.15) is 12.8 Å². The lowest BCUT2D eigenvalue weighted by atomic mass is 9.79. The van der Waals surface area contributed by atoms with Crippen molar-refractivity contribution in [2.24, 2.45) is 11.1 Å². The van der Waals surface area contributed by atoms with Gasteiger partial charge in [0.05, 0.1) is 11.1 Å². The Hall–Kier alpha value is -0.880. The molecule has 1 aromatic carbocycles. The van der Waals surface area contributed by atoms with E-state index in [0.717, 1.165) is 6.07 Å². The summed E-state index contributed by atoms with van der Waals surface area (Å²) in [6.45, 7) is 1.21. The van der Waals surface area contributed by atoms with Crippen LogP contribution in [0.15, 0.2) is 18.2 Å². The molecule has 20 heavy (non-hydrogen) atoms. The van der Waals surface area contributed by atoms with Crippen molar-refractivity contribution >= 4 is 35.6 Å². The highest BCUT2D eigenvalue weighted by atomic mass is 35.5. The number of nitrogens with two attached hydrogens (primary N) is 1. The molecule has 112 valence electrons. The molecular weight excluding hydrogens is 306 g/mol. The van der Waals surface area contributed by atoms with Crippen LogP contribution in [0, 0.1) is 11.2 Å². The standard InChI is InChI=1S/C13H16ClFN2O2.ClH/c14-9-1-2-11(10(15)7-9)17-12(18)13(8-16)3-5-19-6-4-13;/h1-2,7H,3-6,8,16H2,(H,17,18);1H. The highest BCUT2D eigenvalue weighted by Gasteiger charge is 2.39. The Morgan fingerprint density at radius 3 is 2.65 bits per heavy atom. The van der Waals surface area contributed by atoms with Crippen molar-refractivity contribution in [3.8, 4) is 0 Å². The number of rotatable bonds is 3. The number of anilines is 1. The van der Waals surface area contributed by atoms with E-state index in [1.54, 1.807) is 0 Å². The Morgan fingerprint density at radius 2 is 2.10 bits per heavy atom.